The summed E-state index contributed by atoms with van der Waals surface area (Å²) in [4.78, 5) is 14.8. The van der Waals surface area contributed by atoms with Gasteiger partial charge in [-0.15, -0.1) is 0 Å². The Kier molecular flexibility index (Phi) is 8.30. The van der Waals surface area contributed by atoms with E-state index in [1.807, 2.05) is 49.4 Å². The number of methoxy groups -OCH3 is 1. The lowest BCUT2D eigenvalue weighted by molar-refractivity contribution is -0.116. The van der Waals surface area contributed by atoms with E-state index in [4.69, 9.17) is 14.2 Å². The molecule has 0 aliphatic carbocycles. The van der Waals surface area contributed by atoms with Crippen LogP contribution in [0.3, 0.4) is 0 Å². The topological polar surface area (TPSA) is 60.0 Å². The highest BCUT2D eigenvalue weighted by molar-refractivity contribution is 5.91. The fourth-order valence-corrected chi connectivity index (χ4v) is 3.44. The van der Waals surface area contributed by atoms with E-state index >= 15 is 0 Å². The molecular formula is C24H30N2O4. The number of morpholine rings is 1. The average molecular weight is 411 g/mol. The third-order valence-corrected chi connectivity index (χ3v) is 5.07. The van der Waals surface area contributed by atoms with Crippen LogP contribution in [0.15, 0.2) is 54.6 Å². The second-order valence-corrected chi connectivity index (χ2v) is 7.02. The van der Waals surface area contributed by atoms with E-state index in [0.717, 1.165) is 35.7 Å². The molecule has 0 radical (unpaired) electrons. The zero-order valence-electron chi connectivity index (χ0n) is 17.7. The van der Waals surface area contributed by atoms with Crippen molar-refractivity contribution in [2.75, 3.05) is 46.6 Å². The van der Waals surface area contributed by atoms with Crippen molar-refractivity contribution < 1.29 is 19.0 Å². The molecule has 0 aromatic heterocycles. The lowest BCUT2D eigenvalue weighted by Crippen LogP contribution is -2.43. The molecule has 1 heterocycles. The molecule has 0 spiro atoms. The Bertz CT molecular complexity index is 812. The standard InChI is InChI=1S/C24H30N2O4/c1-3-30-22-9-4-19(5-10-22)6-13-24(27)25-18-23(26-14-16-29-17-15-26)20-7-11-21(28-2)12-8-20/h4-13,23H,3,14-18H2,1-2H3,(H,25,27)/b13-6+. The van der Waals surface area contributed by atoms with Crippen molar-refractivity contribution in [3.05, 3.63) is 65.7 Å². The van der Waals surface area contributed by atoms with Gasteiger partial charge in [-0.2, -0.15) is 0 Å². The Labute approximate surface area is 178 Å². The summed E-state index contributed by atoms with van der Waals surface area (Å²) in [6.07, 6.45) is 3.38. The first-order chi connectivity index (χ1) is 14.7. The van der Waals surface area contributed by atoms with Gasteiger partial charge in [-0.1, -0.05) is 24.3 Å². The molecule has 1 fully saturated rings. The van der Waals surface area contributed by atoms with E-state index in [0.29, 0.717) is 26.4 Å². The summed E-state index contributed by atoms with van der Waals surface area (Å²) in [5.74, 6) is 1.53. The molecule has 160 valence electrons. The normalized spacial score (nSPS) is 15.7. The van der Waals surface area contributed by atoms with Crippen molar-refractivity contribution in [1.82, 2.24) is 10.2 Å². The first-order valence-corrected chi connectivity index (χ1v) is 10.3. The second kappa shape index (κ2) is 11.4. The largest absolute Gasteiger partial charge is 0.497 e. The smallest absolute Gasteiger partial charge is 0.244 e. The summed E-state index contributed by atoms with van der Waals surface area (Å²) < 4.78 is 16.2. The van der Waals surface area contributed by atoms with Crippen LogP contribution in [-0.4, -0.2) is 57.4 Å². The minimum atomic E-state index is -0.115. The maximum atomic E-state index is 12.4. The number of hydrogen-bond acceptors (Lipinski definition) is 5. The monoisotopic (exact) mass is 410 g/mol. The summed E-state index contributed by atoms with van der Waals surface area (Å²) in [6.45, 7) is 6.21. The fraction of sp³-hybridized carbons (Fsp3) is 0.375. The van der Waals surface area contributed by atoms with Gasteiger partial charge < -0.3 is 19.5 Å². The van der Waals surface area contributed by atoms with Crippen LogP contribution < -0.4 is 14.8 Å². The molecule has 2 aromatic carbocycles. The highest BCUT2D eigenvalue weighted by Crippen LogP contribution is 2.23. The maximum absolute atomic E-state index is 12.4. The Morgan fingerprint density at radius 1 is 1.10 bits per heavy atom. The molecule has 1 N–H and O–H groups in total. The van der Waals surface area contributed by atoms with Gasteiger partial charge >= 0.3 is 0 Å². The SMILES string of the molecule is CCOc1ccc(/C=C/C(=O)NCC(c2ccc(OC)cc2)N2CCOCC2)cc1. The van der Waals surface area contributed by atoms with Crippen molar-refractivity contribution in [2.24, 2.45) is 0 Å². The third-order valence-electron chi connectivity index (χ3n) is 5.07. The Morgan fingerprint density at radius 2 is 1.77 bits per heavy atom. The Balaban J connectivity index is 1.61. The van der Waals surface area contributed by atoms with E-state index in [2.05, 4.69) is 22.3 Å². The predicted molar refractivity (Wildman–Crippen MR) is 118 cm³/mol. The minimum Gasteiger partial charge on any atom is -0.497 e. The third kappa shape index (κ3) is 6.34. The molecule has 30 heavy (non-hydrogen) atoms. The fourth-order valence-electron chi connectivity index (χ4n) is 3.44. The summed E-state index contributed by atoms with van der Waals surface area (Å²) in [7, 11) is 1.66. The number of rotatable bonds is 9. The summed E-state index contributed by atoms with van der Waals surface area (Å²) >= 11 is 0. The quantitative estimate of drug-likeness (QED) is 0.643. The Hall–Kier alpha value is -2.83. The van der Waals surface area contributed by atoms with Crippen molar-refractivity contribution in [3.8, 4) is 11.5 Å². The van der Waals surface area contributed by atoms with Crippen LogP contribution in [0.25, 0.3) is 6.08 Å². The maximum Gasteiger partial charge on any atom is 0.244 e. The molecule has 1 aliphatic heterocycles. The molecule has 3 rings (SSSR count). The first kappa shape index (κ1) is 21.9. The zero-order chi connectivity index (χ0) is 21.2. The van der Waals surface area contributed by atoms with Gasteiger partial charge in [0.15, 0.2) is 0 Å². The van der Waals surface area contributed by atoms with E-state index < -0.39 is 0 Å². The lowest BCUT2D eigenvalue weighted by Gasteiger charge is -2.34. The average Bonchev–Trinajstić information content (AvgIpc) is 2.80. The number of ether oxygens (including phenoxy) is 3. The van der Waals surface area contributed by atoms with Crippen molar-refractivity contribution >= 4 is 12.0 Å². The molecule has 1 unspecified atom stereocenters. The molecule has 1 atom stereocenters. The molecule has 2 aromatic rings. The van der Waals surface area contributed by atoms with Crippen molar-refractivity contribution in [2.45, 2.75) is 13.0 Å². The van der Waals surface area contributed by atoms with Gasteiger partial charge in [-0.3, -0.25) is 9.69 Å². The number of carbonyl (C=O) groups is 1. The van der Waals surface area contributed by atoms with Gasteiger partial charge in [-0.25, -0.2) is 0 Å². The van der Waals surface area contributed by atoms with Crippen LogP contribution in [0.4, 0.5) is 0 Å². The van der Waals surface area contributed by atoms with Gasteiger partial charge in [0, 0.05) is 25.7 Å². The van der Waals surface area contributed by atoms with Crippen molar-refractivity contribution in [3.63, 3.8) is 0 Å². The van der Waals surface area contributed by atoms with Crippen LogP contribution in [0, 0.1) is 0 Å². The van der Waals surface area contributed by atoms with Gasteiger partial charge in [0.05, 0.1) is 33.0 Å². The van der Waals surface area contributed by atoms with Gasteiger partial charge in [0.2, 0.25) is 5.91 Å². The molecule has 1 amide bonds. The Morgan fingerprint density at radius 3 is 2.40 bits per heavy atom. The van der Waals surface area contributed by atoms with Crippen LogP contribution in [0.5, 0.6) is 11.5 Å². The van der Waals surface area contributed by atoms with E-state index in [1.165, 1.54) is 0 Å². The van der Waals surface area contributed by atoms with E-state index in [1.54, 1.807) is 13.2 Å². The van der Waals surface area contributed by atoms with Gasteiger partial charge in [0.25, 0.3) is 0 Å². The number of hydrogen-bond donors (Lipinski definition) is 1. The van der Waals surface area contributed by atoms with E-state index in [-0.39, 0.29) is 11.9 Å². The highest BCUT2D eigenvalue weighted by atomic mass is 16.5. The van der Waals surface area contributed by atoms with Crippen LogP contribution in [0.2, 0.25) is 0 Å². The summed E-state index contributed by atoms with van der Waals surface area (Å²) in [6, 6.07) is 15.8. The highest BCUT2D eigenvalue weighted by Gasteiger charge is 2.23. The van der Waals surface area contributed by atoms with Gasteiger partial charge in [0.1, 0.15) is 11.5 Å². The zero-order valence-corrected chi connectivity index (χ0v) is 17.7. The molecular weight excluding hydrogens is 380 g/mol. The lowest BCUT2D eigenvalue weighted by atomic mass is 10.0. The van der Waals surface area contributed by atoms with Gasteiger partial charge in [-0.05, 0) is 48.4 Å². The van der Waals surface area contributed by atoms with E-state index in [9.17, 15) is 4.79 Å². The number of nitrogens with one attached hydrogen (secondary N) is 1. The molecule has 6 heteroatoms. The number of carbonyl (C=O) groups excluding carboxylic acids is 1. The molecule has 0 bridgehead atoms. The number of nitrogens with zero attached hydrogens (tertiary/aromatic N) is 1. The molecule has 1 saturated heterocycles. The van der Waals surface area contributed by atoms with Crippen molar-refractivity contribution in [1.29, 1.82) is 0 Å². The second-order valence-electron chi connectivity index (χ2n) is 7.02. The van der Waals surface area contributed by atoms with Crippen LogP contribution >= 0.6 is 0 Å². The molecule has 0 saturated carbocycles. The predicted octanol–water partition coefficient (Wildman–Crippen LogP) is 3.30. The first-order valence-electron chi connectivity index (χ1n) is 10.3. The summed E-state index contributed by atoms with van der Waals surface area (Å²) in [5.41, 5.74) is 2.10. The number of benzene rings is 2. The summed E-state index contributed by atoms with van der Waals surface area (Å²) in [5, 5.41) is 3.04. The molecule has 6 nitrogen and oxygen atoms in total. The van der Waals surface area contributed by atoms with Crippen LogP contribution in [-0.2, 0) is 9.53 Å². The minimum absolute atomic E-state index is 0.0858. The number of amides is 1. The molecule has 1 aliphatic rings. The van der Waals surface area contributed by atoms with Crippen LogP contribution in [0.1, 0.15) is 24.1 Å².